The fourth-order valence-corrected chi connectivity index (χ4v) is 3.65. The molecule has 0 saturated heterocycles. The average molecular weight is 391 g/mol. The molecular weight excluding hydrogens is 369 g/mol. The van der Waals surface area contributed by atoms with Crippen LogP contribution in [-0.4, -0.2) is 22.6 Å². The summed E-state index contributed by atoms with van der Waals surface area (Å²) in [6.45, 7) is 0.371. The molecule has 0 bridgehead atoms. The molecule has 2 aromatic carbocycles. The standard InChI is InChI=1S/C23H22FN3O2/c1-29-14-18-13-27(15-25-18)22-10-6-16(12-20(22)24)7-11-23(28)26-21-9-8-17-4-2-3-5-19(17)21/h2-7,10-13,15,21H,8-9,14H2,1H3,(H,26,28)/b11-7+. The van der Waals surface area contributed by atoms with Gasteiger partial charge in [-0.05, 0) is 47.7 Å². The number of aryl methyl sites for hydroxylation is 1. The molecule has 1 aliphatic rings. The van der Waals surface area contributed by atoms with Crippen molar-refractivity contribution < 1.29 is 13.9 Å². The lowest BCUT2D eigenvalue weighted by molar-refractivity contribution is -0.117. The van der Waals surface area contributed by atoms with Gasteiger partial charge in [0, 0.05) is 19.4 Å². The number of ether oxygens (including phenoxy) is 1. The lowest BCUT2D eigenvalue weighted by Gasteiger charge is -2.12. The first-order valence-corrected chi connectivity index (χ1v) is 9.52. The largest absolute Gasteiger partial charge is 0.378 e. The maximum atomic E-state index is 14.5. The maximum absolute atomic E-state index is 14.5. The zero-order chi connectivity index (χ0) is 20.2. The van der Waals surface area contributed by atoms with Crippen molar-refractivity contribution in [2.24, 2.45) is 0 Å². The first kappa shape index (κ1) is 19.1. The Morgan fingerprint density at radius 1 is 1.34 bits per heavy atom. The second-order valence-corrected chi connectivity index (χ2v) is 7.05. The van der Waals surface area contributed by atoms with Crippen LogP contribution in [0.4, 0.5) is 4.39 Å². The molecular formula is C23H22FN3O2. The quantitative estimate of drug-likeness (QED) is 0.647. The molecule has 1 aliphatic carbocycles. The molecule has 0 spiro atoms. The first-order chi connectivity index (χ1) is 14.1. The van der Waals surface area contributed by atoms with E-state index in [0.29, 0.717) is 17.9 Å². The van der Waals surface area contributed by atoms with E-state index in [1.54, 1.807) is 42.4 Å². The number of aromatic nitrogens is 2. The van der Waals surface area contributed by atoms with Crippen LogP contribution in [0.2, 0.25) is 0 Å². The topological polar surface area (TPSA) is 56.1 Å². The van der Waals surface area contributed by atoms with Crippen molar-refractivity contribution in [3.63, 3.8) is 0 Å². The molecule has 1 heterocycles. The van der Waals surface area contributed by atoms with E-state index < -0.39 is 5.82 Å². The molecule has 1 atom stereocenters. The summed E-state index contributed by atoms with van der Waals surface area (Å²) in [4.78, 5) is 16.5. The van der Waals surface area contributed by atoms with Crippen LogP contribution in [0.15, 0.2) is 61.1 Å². The van der Waals surface area contributed by atoms with Crippen LogP contribution in [0, 0.1) is 5.82 Å². The molecule has 1 amide bonds. The second-order valence-electron chi connectivity index (χ2n) is 7.05. The number of methoxy groups -OCH3 is 1. The summed E-state index contributed by atoms with van der Waals surface area (Å²) >= 11 is 0. The number of nitrogens with zero attached hydrogens (tertiary/aromatic N) is 2. The number of rotatable bonds is 6. The second kappa shape index (κ2) is 8.41. The third kappa shape index (κ3) is 4.27. The highest BCUT2D eigenvalue weighted by Gasteiger charge is 2.22. The van der Waals surface area contributed by atoms with E-state index in [4.69, 9.17) is 4.74 Å². The van der Waals surface area contributed by atoms with Crippen LogP contribution in [-0.2, 0) is 22.6 Å². The minimum absolute atomic E-state index is 0.0324. The lowest BCUT2D eigenvalue weighted by atomic mass is 10.1. The molecule has 4 rings (SSSR count). The first-order valence-electron chi connectivity index (χ1n) is 9.52. The minimum Gasteiger partial charge on any atom is -0.378 e. The number of carbonyl (C=O) groups excluding carboxylic acids is 1. The zero-order valence-corrected chi connectivity index (χ0v) is 16.1. The molecule has 0 radical (unpaired) electrons. The van der Waals surface area contributed by atoms with Gasteiger partial charge < -0.3 is 14.6 Å². The van der Waals surface area contributed by atoms with Crippen LogP contribution in [0.5, 0.6) is 0 Å². The predicted molar refractivity (Wildman–Crippen MR) is 109 cm³/mol. The summed E-state index contributed by atoms with van der Waals surface area (Å²) < 4.78 is 21.2. The van der Waals surface area contributed by atoms with Crippen molar-refractivity contribution in [1.82, 2.24) is 14.9 Å². The van der Waals surface area contributed by atoms with E-state index >= 15 is 0 Å². The Hall–Kier alpha value is -3.25. The van der Waals surface area contributed by atoms with Crippen LogP contribution in [0.1, 0.15) is 34.8 Å². The molecule has 148 valence electrons. The van der Waals surface area contributed by atoms with Crippen molar-refractivity contribution >= 4 is 12.0 Å². The van der Waals surface area contributed by atoms with E-state index in [2.05, 4.69) is 22.4 Å². The Morgan fingerprint density at radius 2 is 2.21 bits per heavy atom. The number of imidazole rings is 1. The number of hydrogen-bond donors (Lipinski definition) is 1. The summed E-state index contributed by atoms with van der Waals surface area (Å²) in [5.41, 5.74) is 4.20. The fraction of sp³-hybridized carbons (Fsp3) is 0.217. The van der Waals surface area contributed by atoms with E-state index in [9.17, 15) is 9.18 Å². The van der Waals surface area contributed by atoms with Gasteiger partial charge in [0.1, 0.15) is 5.82 Å². The third-order valence-corrected chi connectivity index (χ3v) is 5.05. The summed E-state index contributed by atoms with van der Waals surface area (Å²) in [7, 11) is 1.59. The SMILES string of the molecule is COCc1cn(-c2ccc(/C=C/C(=O)NC3CCc4ccccc43)cc2F)cn1. The number of amides is 1. The van der Waals surface area contributed by atoms with Crippen molar-refractivity contribution in [3.8, 4) is 5.69 Å². The number of carbonyl (C=O) groups is 1. The van der Waals surface area contributed by atoms with Gasteiger partial charge in [-0.15, -0.1) is 0 Å². The maximum Gasteiger partial charge on any atom is 0.244 e. The molecule has 6 heteroatoms. The van der Waals surface area contributed by atoms with Gasteiger partial charge >= 0.3 is 0 Å². The number of benzene rings is 2. The van der Waals surface area contributed by atoms with Gasteiger partial charge in [-0.3, -0.25) is 4.79 Å². The Kier molecular flexibility index (Phi) is 5.53. The Balaban J connectivity index is 1.42. The highest BCUT2D eigenvalue weighted by molar-refractivity contribution is 5.92. The Morgan fingerprint density at radius 3 is 3.03 bits per heavy atom. The fourth-order valence-electron chi connectivity index (χ4n) is 3.65. The monoisotopic (exact) mass is 391 g/mol. The average Bonchev–Trinajstić information content (AvgIpc) is 3.34. The highest BCUT2D eigenvalue weighted by atomic mass is 19.1. The van der Waals surface area contributed by atoms with Gasteiger partial charge in [-0.2, -0.15) is 0 Å². The van der Waals surface area contributed by atoms with E-state index in [0.717, 1.165) is 18.5 Å². The van der Waals surface area contributed by atoms with Gasteiger partial charge in [0.25, 0.3) is 0 Å². The molecule has 1 aromatic heterocycles. The summed E-state index contributed by atoms with van der Waals surface area (Å²) in [5, 5.41) is 3.03. The molecule has 3 aromatic rings. The normalized spacial score (nSPS) is 15.6. The van der Waals surface area contributed by atoms with Crippen LogP contribution < -0.4 is 5.32 Å². The Labute approximate surface area is 168 Å². The predicted octanol–water partition coefficient (Wildman–Crippen LogP) is 3.97. The number of fused-ring (bicyclic) bond motifs is 1. The lowest BCUT2D eigenvalue weighted by Crippen LogP contribution is -2.25. The van der Waals surface area contributed by atoms with Crippen LogP contribution in [0.25, 0.3) is 11.8 Å². The molecule has 0 fully saturated rings. The van der Waals surface area contributed by atoms with Crippen molar-refractivity contribution in [3.05, 3.63) is 89.3 Å². The van der Waals surface area contributed by atoms with Crippen LogP contribution >= 0.6 is 0 Å². The number of nitrogens with one attached hydrogen (secondary N) is 1. The number of halogens is 1. The summed E-state index contributed by atoms with van der Waals surface area (Å²) in [6.07, 6.45) is 8.21. The van der Waals surface area contributed by atoms with Gasteiger partial charge in [0.15, 0.2) is 0 Å². The smallest absolute Gasteiger partial charge is 0.244 e. The van der Waals surface area contributed by atoms with E-state index in [-0.39, 0.29) is 11.9 Å². The van der Waals surface area contributed by atoms with Crippen LogP contribution in [0.3, 0.4) is 0 Å². The van der Waals surface area contributed by atoms with Gasteiger partial charge in [-0.1, -0.05) is 30.3 Å². The minimum atomic E-state index is -0.390. The highest BCUT2D eigenvalue weighted by Crippen LogP contribution is 2.30. The van der Waals surface area contributed by atoms with Gasteiger partial charge in [0.2, 0.25) is 5.91 Å². The molecule has 1 N–H and O–H groups in total. The molecule has 0 saturated carbocycles. The summed E-state index contributed by atoms with van der Waals surface area (Å²) in [5.74, 6) is -0.575. The van der Waals surface area contributed by atoms with Gasteiger partial charge in [-0.25, -0.2) is 9.37 Å². The van der Waals surface area contributed by atoms with Crippen molar-refractivity contribution in [1.29, 1.82) is 0 Å². The van der Waals surface area contributed by atoms with E-state index in [1.807, 2.05) is 12.1 Å². The number of hydrogen-bond acceptors (Lipinski definition) is 3. The molecule has 0 aliphatic heterocycles. The van der Waals surface area contributed by atoms with E-state index in [1.165, 1.54) is 23.3 Å². The zero-order valence-electron chi connectivity index (χ0n) is 16.1. The Bertz CT molecular complexity index is 1060. The summed E-state index contributed by atoms with van der Waals surface area (Å²) in [6, 6.07) is 13.0. The van der Waals surface area contributed by atoms with Gasteiger partial charge in [0.05, 0.1) is 30.4 Å². The van der Waals surface area contributed by atoms with Crippen molar-refractivity contribution in [2.75, 3.05) is 7.11 Å². The van der Waals surface area contributed by atoms with Crippen molar-refractivity contribution in [2.45, 2.75) is 25.5 Å². The molecule has 1 unspecified atom stereocenters. The molecule has 29 heavy (non-hydrogen) atoms. The molecule has 5 nitrogen and oxygen atoms in total. The third-order valence-electron chi connectivity index (χ3n) is 5.05.